The van der Waals surface area contributed by atoms with Crippen molar-refractivity contribution in [2.45, 2.75) is 70.5 Å². The Hall–Kier alpha value is -1.95. The Kier molecular flexibility index (Phi) is 10.2. The first-order valence-corrected chi connectivity index (χ1v) is 12.5. The molecule has 1 saturated carbocycles. The molecule has 0 heterocycles. The van der Waals surface area contributed by atoms with Crippen molar-refractivity contribution in [2.75, 3.05) is 20.2 Å². The van der Waals surface area contributed by atoms with E-state index in [-0.39, 0.29) is 18.0 Å². The first-order chi connectivity index (χ1) is 16.0. The predicted molar refractivity (Wildman–Crippen MR) is 132 cm³/mol. The van der Waals surface area contributed by atoms with Crippen LogP contribution in [0.15, 0.2) is 48.1 Å². The number of unbranched alkanes of at least 4 members (excludes halogenated alkanes) is 2. The fraction of sp³-hybridized carbons (Fsp3) is 0.607. The molecule has 0 amide bonds. The highest BCUT2D eigenvalue weighted by atomic mass is 16.5. The predicted octanol–water partition coefficient (Wildman–Crippen LogP) is 4.11. The van der Waals surface area contributed by atoms with Crippen LogP contribution in [-0.4, -0.2) is 48.6 Å². The Morgan fingerprint density at radius 2 is 2.12 bits per heavy atom. The molecule has 0 spiro atoms. The quantitative estimate of drug-likeness (QED) is 0.237. The number of hydrogen-bond acceptors (Lipinski definition) is 5. The lowest BCUT2D eigenvalue weighted by Crippen LogP contribution is -2.19. The number of hydrogen-bond donors (Lipinski definition) is 3. The SMILES string of the molecule is COC(=O)CCNCCCCCC1=C[C@H]2C[C@@H](O)[C@H](/C=C/[C@H](O)Cc3cccc(C)c3)[C@H]2C1. The number of esters is 1. The van der Waals surface area contributed by atoms with E-state index in [1.165, 1.54) is 31.1 Å². The fourth-order valence-corrected chi connectivity index (χ4v) is 5.39. The standard InChI is InChI=1S/C28H41NO4/c1-20-7-6-9-21(15-20)17-24(30)10-11-25-26-18-22(16-23(26)19-27(25)31)8-4-3-5-13-29-14-12-28(32)33-2/h6-7,9-11,15-16,23-27,29-31H,3-5,8,12-14,17-19H2,1-2H3/b11-10+/t23-,24-,25+,26-,27+/m0/s1. The summed E-state index contributed by atoms with van der Waals surface area (Å²) >= 11 is 0. The molecule has 182 valence electrons. The average Bonchev–Trinajstić information content (AvgIpc) is 3.30. The summed E-state index contributed by atoms with van der Waals surface area (Å²) in [5.41, 5.74) is 3.88. The summed E-state index contributed by atoms with van der Waals surface area (Å²) in [6.45, 7) is 3.68. The molecule has 0 unspecified atom stereocenters. The summed E-state index contributed by atoms with van der Waals surface area (Å²) in [5, 5.41) is 24.4. The highest BCUT2D eigenvalue weighted by Crippen LogP contribution is 2.48. The van der Waals surface area contributed by atoms with Crippen LogP contribution in [0.25, 0.3) is 0 Å². The van der Waals surface area contributed by atoms with Crippen LogP contribution in [0.5, 0.6) is 0 Å². The van der Waals surface area contributed by atoms with Crippen molar-refractivity contribution in [3.63, 3.8) is 0 Å². The third kappa shape index (κ3) is 8.09. The summed E-state index contributed by atoms with van der Waals surface area (Å²) in [6, 6.07) is 8.26. The molecule has 5 atom stereocenters. The van der Waals surface area contributed by atoms with E-state index in [9.17, 15) is 15.0 Å². The number of carbonyl (C=O) groups excluding carboxylic acids is 1. The molecule has 1 fully saturated rings. The number of nitrogens with one attached hydrogen (secondary N) is 1. The van der Waals surface area contributed by atoms with E-state index >= 15 is 0 Å². The monoisotopic (exact) mass is 455 g/mol. The first-order valence-electron chi connectivity index (χ1n) is 12.5. The summed E-state index contributed by atoms with van der Waals surface area (Å²) in [6.07, 6.45) is 13.1. The minimum absolute atomic E-state index is 0.134. The van der Waals surface area contributed by atoms with Gasteiger partial charge in [-0.05, 0) is 63.0 Å². The van der Waals surface area contributed by atoms with Gasteiger partial charge in [0.25, 0.3) is 0 Å². The molecular formula is C28H41NO4. The molecule has 0 saturated heterocycles. The number of aliphatic hydroxyl groups is 2. The minimum atomic E-state index is -0.520. The molecule has 1 aromatic carbocycles. The number of aryl methyl sites for hydroxylation is 1. The second kappa shape index (κ2) is 13.1. The number of ether oxygens (including phenoxy) is 1. The van der Waals surface area contributed by atoms with Gasteiger partial charge in [-0.25, -0.2) is 0 Å². The number of benzene rings is 1. The van der Waals surface area contributed by atoms with Crippen LogP contribution in [0.3, 0.4) is 0 Å². The lowest BCUT2D eigenvalue weighted by Gasteiger charge is -2.19. The normalized spacial score (nSPS) is 25.3. The van der Waals surface area contributed by atoms with E-state index in [4.69, 9.17) is 0 Å². The summed E-state index contributed by atoms with van der Waals surface area (Å²) in [5.74, 6) is 0.908. The minimum Gasteiger partial charge on any atom is -0.469 e. The van der Waals surface area contributed by atoms with Gasteiger partial charge in [0.2, 0.25) is 0 Å². The van der Waals surface area contributed by atoms with E-state index in [0.717, 1.165) is 37.8 Å². The van der Waals surface area contributed by atoms with E-state index in [1.54, 1.807) is 0 Å². The topological polar surface area (TPSA) is 78.8 Å². The van der Waals surface area contributed by atoms with Gasteiger partial charge in [0, 0.05) is 18.9 Å². The zero-order chi connectivity index (χ0) is 23.6. The molecule has 0 aromatic heterocycles. The Bertz CT molecular complexity index is 818. The maximum Gasteiger partial charge on any atom is 0.306 e. The summed E-state index contributed by atoms with van der Waals surface area (Å²) in [4.78, 5) is 11.1. The molecule has 3 N–H and O–H groups in total. The van der Waals surface area contributed by atoms with Crippen molar-refractivity contribution in [2.24, 2.45) is 17.8 Å². The van der Waals surface area contributed by atoms with Crippen molar-refractivity contribution in [3.8, 4) is 0 Å². The van der Waals surface area contributed by atoms with Gasteiger partial charge < -0.3 is 20.3 Å². The Morgan fingerprint density at radius 3 is 2.91 bits per heavy atom. The summed E-state index contributed by atoms with van der Waals surface area (Å²) in [7, 11) is 1.42. The lowest BCUT2D eigenvalue weighted by molar-refractivity contribution is -0.140. The van der Waals surface area contributed by atoms with E-state index in [1.807, 2.05) is 12.1 Å². The van der Waals surface area contributed by atoms with Gasteiger partial charge in [0.1, 0.15) is 0 Å². The van der Waals surface area contributed by atoms with E-state index in [2.05, 4.69) is 47.3 Å². The zero-order valence-electron chi connectivity index (χ0n) is 20.2. The molecule has 1 aromatic rings. The molecule has 2 aliphatic rings. The number of fused-ring (bicyclic) bond motifs is 1. The number of rotatable bonds is 13. The van der Waals surface area contributed by atoms with Crippen molar-refractivity contribution in [3.05, 3.63) is 59.2 Å². The Balaban J connectivity index is 1.35. The van der Waals surface area contributed by atoms with Crippen LogP contribution >= 0.6 is 0 Å². The molecule has 3 rings (SSSR count). The molecule has 0 bridgehead atoms. The molecule has 2 aliphatic carbocycles. The zero-order valence-corrected chi connectivity index (χ0v) is 20.2. The van der Waals surface area contributed by atoms with Gasteiger partial charge in [-0.3, -0.25) is 4.79 Å². The summed E-state index contributed by atoms with van der Waals surface area (Å²) < 4.78 is 4.64. The van der Waals surface area contributed by atoms with Crippen LogP contribution in [-0.2, 0) is 16.0 Å². The maximum absolute atomic E-state index is 11.1. The highest BCUT2D eigenvalue weighted by molar-refractivity contribution is 5.69. The molecule has 5 heteroatoms. The molecule has 5 nitrogen and oxygen atoms in total. The largest absolute Gasteiger partial charge is 0.469 e. The lowest BCUT2D eigenvalue weighted by atomic mass is 9.88. The van der Waals surface area contributed by atoms with Gasteiger partial charge in [-0.2, -0.15) is 0 Å². The first kappa shape index (κ1) is 25.7. The van der Waals surface area contributed by atoms with Gasteiger partial charge in [0.15, 0.2) is 0 Å². The van der Waals surface area contributed by atoms with Crippen LogP contribution < -0.4 is 5.32 Å². The van der Waals surface area contributed by atoms with Crippen molar-refractivity contribution in [1.29, 1.82) is 0 Å². The Labute approximate surface area is 198 Å². The molecule has 33 heavy (non-hydrogen) atoms. The third-order valence-corrected chi connectivity index (χ3v) is 7.12. The smallest absolute Gasteiger partial charge is 0.306 e. The molecule has 0 radical (unpaired) electrons. The van der Waals surface area contributed by atoms with Gasteiger partial charge >= 0.3 is 5.97 Å². The van der Waals surface area contributed by atoms with Crippen molar-refractivity contribution < 1.29 is 19.7 Å². The number of aliphatic hydroxyl groups excluding tert-OH is 2. The second-order valence-electron chi connectivity index (χ2n) is 9.77. The highest BCUT2D eigenvalue weighted by Gasteiger charge is 2.43. The number of methoxy groups -OCH3 is 1. The fourth-order valence-electron chi connectivity index (χ4n) is 5.39. The van der Waals surface area contributed by atoms with Crippen LogP contribution in [0.4, 0.5) is 0 Å². The van der Waals surface area contributed by atoms with Gasteiger partial charge in [0.05, 0.1) is 25.7 Å². The van der Waals surface area contributed by atoms with Crippen molar-refractivity contribution >= 4 is 5.97 Å². The molecular weight excluding hydrogens is 414 g/mol. The number of allylic oxidation sites excluding steroid dienone is 2. The maximum atomic E-state index is 11.1. The van der Waals surface area contributed by atoms with Gasteiger partial charge in [-0.1, -0.05) is 60.1 Å². The van der Waals surface area contributed by atoms with Crippen molar-refractivity contribution in [1.82, 2.24) is 5.32 Å². The third-order valence-electron chi connectivity index (χ3n) is 7.12. The van der Waals surface area contributed by atoms with E-state index < -0.39 is 6.10 Å². The van der Waals surface area contributed by atoms with Crippen LogP contribution in [0.2, 0.25) is 0 Å². The van der Waals surface area contributed by atoms with Crippen LogP contribution in [0.1, 0.15) is 56.1 Å². The van der Waals surface area contributed by atoms with E-state index in [0.29, 0.717) is 31.2 Å². The number of carbonyl (C=O) groups is 1. The molecule has 0 aliphatic heterocycles. The Morgan fingerprint density at radius 1 is 1.27 bits per heavy atom. The van der Waals surface area contributed by atoms with Gasteiger partial charge in [-0.15, -0.1) is 0 Å². The second-order valence-corrected chi connectivity index (χ2v) is 9.77. The van der Waals surface area contributed by atoms with Crippen LogP contribution in [0, 0.1) is 24.7 Å². The average molecular weight is 456 g/mol.